The van der Waals surface area contributed by atoms with E-state index in [0.717, 1.165) is 46.5 Å². The predicted molar refractivity (Wildman–Crippen MR) is 218 cm³/mol. The van der Waals surface area contributed by atoms with Crippen LogP contribution in [0.15, 0.2) is 60.9 Å². The van der Waals surface area contributed by atoms with E-state index in [1.165, 1.54) is 21.1 Å². The second kappa shape index (κ2) is 18.3. The SMILES string of the molecule is COC(=O)NC(C(=O)N1CCC[C@H]1c1ncc(-c2ccc(C#Cc3ccc(-c4cnc([C@@H]5CN(C(C)=O)CN5C(=O)[C@@H](NC(=O)OC)C(C)C)[nH]4)cc3)cc2)[nH]1)C(C)C. The maximum Gasteiger partial charge on any atom is 0.407 e. The van der Waals surface area contributed by atoms with E-state index in [4.69, 9.17) is 9.47 Å². The molecule has 5 amide bonds. The minimum absolute atomic E-state index is 0.0721. The average Bonchev–Trinajstić information content (AvgIpc) is 4.07. The van der Waals surface area contributed by atoms with Crippen molar-refractivity contribution in [2.75, 3.05) is 34.0 Å². The van der Waals surface area contributed by atoms with Gasteiger partial charge in [0.25, 0.3) is 0 Å². The van der Waals surface area contributed by atoms with Gasteiger partial charge < -0.3 is 44.8 Å². The van der Waals surface area contributed by atoms with Crippen molar-refractivity contribution in [3.63, 3.8) is 0 Å². The molecule has 16 heteroatoms. The van der Waals surface area contributed by atoms with Gasteiger partial charge in [-0.15, -0.1) is 0 Å². The number of ether oxygens (including phenoxy) is 2. The second-order valence-corrected chi connectivity index (χ2v) is 15.4. The van der Waals surface area contributed by atoms with Gasteiger partial charge in [-0.3, -0.25) is 14.4 Å². The molecular weight excluding hydrogens is 755 g/mol. The topological polar surface area (TPSA) is 195 Å². The summed E-state index contributed by atoms with van der Waals surface area (Å²) in [6.45, 7) is 9.80. The Bertz CT molecular complexity index is 2220. The number of alkyl carbamates (subject to hydrolysis) is 2. The molecule has 310 valence electrons. The summed E-state index contributed by atoms with van der Waals surface area (Å²) in [4.78, 5) is 84.4. The van der Waals surface area contributed by atoms with Crippen LogP contribution in [-0.4, -0.2) is 111 Å². The first kappa shape index (κ1) is 42.0. The number of aromatic amines is 2. The van der Waals surface area contributed by atoms with Crippen LogP contribution in [0, 0.1) is 23.7 Å². The number of nitrogens with one attached hydrogen (secondary N) is 4. The fourth-order valence-electron chi connectivity index (χ4n) is 7.32. The Labute approximate surface area is 343 Å². The average molecular weight is 806 g/mol. The van der Waals surface area contributed by atoms with Gasteiger partial charge in [0.05, 0.1) is 57.3 Å². The summed E-state index contributed by atoms with van der Waals surface area (Å²) in [5.74, 6) is 6.66. The maximum atomic E-state index is 13.7. The van der Waals surface area contributed by atoms with E-state index < -0.39 is 30.3 Å². The lowest BCUT2D eigenvalue weighted by Gasteiger charge is -2.30. The van der Waals surface area contributed by atoms with Gasteiger partial charge >= 0.3 is 12.2 Å². The first-order valence-electron chi connectivity index (χ1n) is 19.7. The molecule has 0 bridgehead atoms. The number of nitrogens with zero attached hydrogens (tertiary/aromatic N) is 5. The van der Waals surface area contributed by atoms with Crippen LogP contribution in [-0.2, 0) is 23.9 Å². The number of carbonyl (C=O) groups is 5. The van der Waals surface area contributed by atoms with Crippen molar-refractivity contribution in [2.24, 2.45) is 11.8 Å². The number of benzene rings is 2. The fourth-order valence-corrected chi connectivity index (χ4v) is 7.32. The molecule has 0 radical (unpaired) electrons. The molecule has 4 N–H and O–H groups in total. The van der Waals surface area contributed by atoms with Gasteiger partial charge in [-0.05, 0) is 60.1 Å². The van der Waals surface area contributed by atoms with Crippen LogP contribution in [0.4, 0.5) is 9.59 Å². The highest BCUT2D eigenvalue weighted by molar-refractivity contribution is 5.88. The number of hydrogen-bond donors (Lipinski definition) is 4. The maximum absolute atomic E-state index is 13.7. The van der Waals surface area contributed by atoms with Gasteiger partial charge in [-0.25, -0.2) is 19.6 Å². The van der Waals surface area contributed by atoms with Crippen LogP contribution in [0.1, 0.15) is 82.3 Å². The van der Waals surface area contributed by atoms with Crippen LogP contribution in [0.5, 0.6) is 0 Å². The Morgan fingerprint density at radius 1 is 0.712 bits per heavy atom. The lowest BCUT2D eigenvalue weighted by Crippen LogP contribution is -2.51. The molecule has 59 heavy (non-hydrogen) atoms. The number of H-pyrrole nitrogens is 2. The van der Waals surface area contributed by atoms with Crippen LogP contribution in [0.25, 0.3) is 22.5 Å². The molecule has 4 heterocycles. The smallest absolute Gasteiger partial charge is 0.407 e. The normalized spacial score (nSPS) is 17.3. The molecule has 2 aromatic carbocycles. The van der Waals surface area contributed by atoms with Gasteiger partial charge in [-0.2, -0.15) is 0 Å². The van der Waals surface area contributed by atoms with Crippen molar-refractivity contribution >= 4 is 29.9 Å². The number of amides is 5. The summed E-state index contributed by atoms with van der Waals surface area (Å²) in [7, 11) is 2.52. The van der Waals surface area contributed by atoms with Crippen molar-refractivity contribution in [1.29, 1.82) is 0 Å². The monoisotopic (exact) mass is 805 g/mol. The van der Waals surface area contributed by atoms with E-state index in [-0.39, 0.29) is 48.8 Å². The molecule has 4 atom stereocenters. The van der Waals surface area contributed by atoms with Gasteiger partial charge in [0.15, 0.2) is 0 Å². The fraction of sp³-hybridized carbons (Fsp3) is 0.419. The molecule has 0 aliphatic carbocycles. The van der Waals surface area contributed by atoms with Gasteiger partial charge in [0.2, 0.25) is 17.7 Å². The Morgan fingerprint density at radius 3 is 1.61 bits per heavy atom. The zero-order valence-corrected chi connectivity index (χ0v) is 34.4. The third kappa shape index (κ3) is 9.57. The second-order valence-electron chi connectivity index (χ2n) is 15.4. The van der Waals surface area contributed by atoms with Crippen molar-refractivity contribution in [3.8, 4) is 34.4 Å². The van der Waals surface area contributed by atoms with Crippen molar-refractivity contribution in [3.05, 3.63) is 83.7 Å². The van der Waals surface area contributed by atoms with Gasteiger partial charge in [0, 0.05) is 24.6 Å². The number of rotatable bonds is 10. The molecule has 2 fully saturated rings. The molecule has 4 aromatic rings. The Balaban J connectivity index is 1.10. The Morgan fingerprint density at radius 2 is 1.17 bits per heavy atom. The number of likely N-dealkylation sites (tertiary alicyclic amines) is 1. The summed E-state index contributed by atoms with van der Waals surface area (Å²) in [6, 6.07) is 13.2. The number of aromatic nitrogens is 4. The number of imidazole rings is 2. The lowest BCUT2D eigenvalue weighted by molar-refractivity contribution is -0.137. The highest BCUT2D eigenvalue weighted by Gasteiger charge is 2.42. The molecule has 2 aromatic heterocycles. The first-order chi connectivity index (χ1) is 28.3. The largest absolute Gasteiger partial charge is 0.453 e. The van der Waals surface area contributed by atoms with Crippen LogP contribution in [0.3, 0.4) is 0 Å². The third-order valence-corrected chi connectivity index (χ3v) is 10.7. The molecule has 16 nitrogen and oxygen atoms in total. The Hall–Kier alpha value is -6.63. The minimum atomic E-state index is -0.848. The lowest BCUT2D eigenvalue weighted by atomic mass is 10.0. The van der Waals surface area contributed by atoms with Gasteiger partial charge in [-0.1, -0.05) is 63.8 Å². The number of carbonyl (C=O) groups excluding carboxylic acids is 5. The molecule has 6 rings (SSSR count). The molecule has 0 saturated carbocycles. The van der Waals surface area contributed by atoms with E-state index in [1.807, 2.05) is 76.2 Å². The zero-order chi connectivity index (χ0) is 42.4. The van der Waals surface area contributed by atoms with E-state index in [1.54, 1.807) is 27.1 Å². The predicted octanol–water partition coefficient (Wildman–Crippen LogP) is 4.98. The van der Waals surface area contributed by atoms with Crippen LogP contribution < -0.4 is 10.6 Å². The third-order valence-electron chi connectivity index (χ3n) is 10.7. The van der Waals surface area contributed by atoms with E-state index in [0.29, 0.717) is 18.2 Å². The Kier molecular flexibility index (Phi) is 13.0. The van der Waals surface area contributed by atoms with Crippen LogP contribution >= 0.6 is 0 Å². The van der Waals surface area contributed by atoms with E-state index >= 15 is 0 Å². The number of hydrogen-bond acceptors (Lipinski definition) is 9. The van der Waals surface area contributed by atoms with E-state index in [9.17, 15) is 24.0 Å². The van der Waals surface area contributed by atoms with E-state index in [2.05, 4.69) is 42.4 Å². The summed E-state index contributed by atoms with van der Waals surface area (Å²) in [5.41, 5.74) is 5.00. The first-order valence-corrected chi connectivity index (χ1v) is 19.7. The molecule has 2 aliphatic heterocycles. The van der Waals surface area contributed by atoms with Crippen molar-refractivity contribution in [1.82, 2.24) is 45.3 Å². The quantitative estimate of drug-likeness (QED) is 0.160. The van der Waals surface area contributed by atoms with Crippen molar-refractivity contribution in [2.45, 2.75) is 71.6 Å². The minimum Gasteiger partial charge on any atom is -0.453 e. The summed E-state index contributed by atoms with van der Waals surface area (Å²) >= 11 is 0. The summed E-state index contributed by atoms with van der Waals surface area (Å²) in [6.07, 6.45) is 3.72. The van der Waals surface area contributed by atoms with Crippen molar-refractivity contribution < 1.29 is 33.4 Å². The molecular formula is C43H51N9O7. The zero-order valence-electron chi connectivity index (χ0n) is 34.4. The molecule has 2 saturated heterocycles. The standard InChI is InChI=1S/C43H51N9O7/c1-25(2)36(48-42(56)58-6)40(54)51-20-8-9-34(51)38-44-21-32(46-38)30-16-12-28(13-17-30)10-11-29-14-18-31(19-15-29)33-22-45-39(47-33)35-23-50(27(5)53)24-52(35)41(55)37(26(3)4)49-43(57)59-7/h12-19,21-22,25-26,34-37H,8-9,20,23-24H2,1-7H3,(H,44,46)(H,45,47)(H,48,56)(H,49,57)/t34-,35-,36?,37-/m0/s1. The summed E-state index contributed by atoms with van der Waals surface area (Å²) < 4.78 is 9.48. The number of methoxy groups -OCH3 is 2. The molecule has 2 aliphatic rings. The highest BCUT2D eigenvalue weighted by atomic mass is 16.5. The highest BCUT2D eigenvalue weighted by Crippen LogP contribution is 2.33. The summed E-state index contributed by atoms with van der Waals surface area (Å²) in [5, 5.41) is 5.31. The molecule has 0 spiro atoms. The molecule has 1 unspecified atom stereocenters. The van der Waals surface area contributed by atoms with Crippen LogP contribution in [0.2, 0.25) is 0 Å². The van der Waals surface area contributed by atoms with Gasteiger partial charge in [0.1, 0.15) is 29.8 Å².